The minimum atomic E-state index is 0.176. The van der Waals surface area contributed by atoms with E-state index in [0.717, 1.165) is 57.5 Å². The first-order valence-corrected chi connectivity index (χ1v) is 21.7. The zero-order valence-electron chi connectivity index (χ0n) is 33.6. The number of imidazole rings is 2. The lowest BCUT2D eigenvalue weighted by atomic mass is 9.78. The molecule has 0 bridgehead atoms. The molecule has 2 atom stereocenters. The number of fused-ring (bicyclic) bond motifs is 22. The summed E-state index contributed by atoms with van der Waals surface area (Å²) in [5.74, 6) is 1.34. The molecule has 62 heavy (non-hydrogen) atoms. The van der Waals surface area contributed by atoms with Crippen molar-refractivity contribution in [2.75, 3.05) is 0 Å². The predicted octanol–water partition coefficient (Wildman–Crippen LogP) is 13.7. The van der Waals surface area contributed by atoms with Gasteiger partial charge in [0, 0.05) is 49.6 Å². The summed E-state index contributed by atoms with van der Waals surface area (Å²) < 4.78 is 9.99. The van der Waals surface area contributed by atoms with Crippen LogP contribution in [-0.4, -0.2) is 28.1 Å². The largest absolute Gasteiger partial charge is 0.316 e. The van der Waals surface area contributed by atoms with Crippen LogP contribution in [0.1, 0.15) is 24.7 Å². The Labute approximate surface area is 354 Å². The van der Waals surface area contributed by atoms with Gasteiger partial charge in [0.05, 0.1) is 55.7 Å². The van der Waals surface area contributed by atoms with Gasteiger partial charge < -0.3 is 13.7 Å². The SMILES string of the molecule is C1=CC2C3=C(CCC(n4c5ccccc5c5ccc6c7ccccc7n(-c7ccc8c(c7)c7ccccc7c7nc9ccccc9n87)c6c54)=C3)c3nc4ccccc4n3C2C=C1. The highest BCUT2D eigenvalue weighted by Gasteiger charge is 2.37. The van der Waals surface area contributed by atoms with Crippen molar-refractivity contribution in [1.29, 1.82) is 0 Å². The fourth-order valence-corrected chi connectivity index (χ4v) is 11.6. The first-order valence-electron chi connectivity index (χ1n) is 21.7. The summed E-state index contributed by atoms with van der Waals surface area (Å²) in [6, 6.07) is 55.7. The number of para-hydroxylation sites is 6. The van der Waals surface area contributed by atoms with Crippen LogP contribution in [0, 0.1) is 5.92 Å². The molecule has 0 spiro atoms. The van der Waals surface area contributed by atoms with Crippen LogP contribution in [0.2, 0.25) is 0 Å². The maximum Gasteiger partial charge on any atom is 0.146 e. The Balaban J connectivity index is 1.04. The van der Waals surface area contributed by atoms with Crippen LogP contribution in [0.15, 0.2) is 188 Å². The standard InChI is InChI=1S/C56H36N6/c1-2-17-41-35(13-1)44-32-34(26-30-50(44)62-52-24-12-7-19-46(52)57-55(41)62)60-48-21-9-4-15-37(48)40-29-28-39-36-14-3-8-20-47(36)59(53(39)54(40)60)33-25-27-42-43(31-33)38-16-5-10-22-49(38)61-51-23-11-6-18-45(51)58-56(42)61/h1-24,26,28-32,38,49H,25,27H2. The molecule has 2 unspecified atom stereocenters. The molecule has 15 rings (SSSR count). The molecular weight excluding hydrogens is 757 g/mol. The Kier molecular flexibility index (Phi) is 6.28. The van der Waals surface area contributed by atoms with Gasteiger partial charge in [0.25, 0.3) is 0 Å². The third-order valence-electron chi connectivity index (χ3n) is 14.2. The highest BCUT2D eigenvalue weighted by molar-refractivity contribution is 6.24. The van der Waals surface area contributed by atoms with E-state index in [0.29, 0.717) is 0 Å². The van der Waals surface area contributed by atoms with E-state index < -0.39 is 0 Å². The maximum absolute atomic E-state index is 5.30. The van der Waals surface area contributed by atoms with E-state index in [-0.39, 0.29) is 12.0 Å². The van der Waals surface area contributed by atoms with Crippen molar-refractivity contribution in [1.82, 2.24) is 28.1 Å². The van der Waals surface area contributed by atoms with Crippen molar-refractivity contribution in [3.63, 3.8) is 0 Å². The molecule has 6 nitrogen and oxygen atoms in total. The summed E-state index contributed by atoms with van der Waals surface area (Å²) >= 11 is 0. The maximum atomic E-state index is 5.30. The summed E-state index contributed by atoms with van der Waals surface area (Å²) in [6.07, 6.45) is 13.6. The van der Waals surface area contributed by atoms with Crippen molar-refractivity contribution >= 4 is 104 Å². The van der Waals surface area contributed by atoms with Crippen LogP contribution in [0.3, 0.4) is 0 Å². The molecule has 6 heterocycles. The third-order valence-corrected chi connectivity index (χ3v) is 14.2. The molecule has 3 aliphatic rings. The number of allylic oxidation sites excluding steroid dienone is 8. The quantitative estimate of drug-likeness (QED) is 0.164. The highest BCUT2D eigenvalue weighted by atomic mass is 15.1. The van der Waals surface area contributed by atoms with Gasteiger partial charge >= 0.3 is 0 Å². The van der Waals surface area contributed by atoms with Crippen LogP contribution in [-0.2, 0) is 0 Å². The Morgan fingerprint density at radius 3 is 1.89 bits per heavy atom. The average Bonchev–Trinajstić information content (AvgIpc) is 4.10. The number of pyridine rings is 1. The number of hydrogen-bond acceptors (Lipinski definition) is 2. The molecule has 6 heteroatoms. The van der Waals surface area contributed by atoms with Gasteiger partial charge in [0.2, 0.25) is 0 Å². The van der Waals surface area contributed by atoms with E-state index in [9.17, 15) is 0 Å². The number of rotatable bonds is 2. The third kappa shape index (κ3) is 4.14. The van der Waals surface area contributed by atoms with Crippen LogP contribution < -0.4 is 0 Å². The molecule has 0 fully saturated rings. The number of benzene rings is 7. The van der Waals surface area contributed by atoms with Gasteiger partial charge in [-0.15, -0.1) is 0 Å². The first-order chi connectivity index (χ1) is 30.8. The fourth-order valence-electron chi connectivity index (χ4n) is 11.6. The molecule has 2 aliphatic carbocycles. The lowest BCUT2D eigenvalue weighted by Gasteiger charge is -2.37. The predicted molar refractivity (Wildman–Crippen MR) is 256 cm³/mol. The van der Waals surface area contributed by atoms with E-state index in [1.54, 1.807) is 0 Å². The normalized spacial score (nSPS) is 17.5. The number of aromatic nitrogens is 6. The zero-order chi connectivity index (χ0) is 40.2. The van der Waals surface area contributed by atoms with Crippen molar-refractivity contribution in [3.8, 4) is 5.69 Å². The first kappa shape index (κ1) is 32.8. The van der Waals surface area contributed by atoms with E-state index in [2.05, 4.69) is 200 Å². The van der Waals surface area contributed by atoms with Gasteiger partial charge in [-0.05, 0) is 90.0 Å². The van der Waals surface area contributed by atoms with Gasteiger partial charge in [-0.1, -0.05) is 121 Å². The topological polar surface area (TPSA) is 45.0 Å². The van der Waals surface area contributed by atoms with Crippen molar-refractivity contribution in [3.05, 3.63) is 193 Å². The Bertz CT molecular complexity index is 4120. The second-order valence-corrected chi connectivity index (χ2v) is 17.2. The molecule has 0 saturated carbocycles. The molecule has 0 amide bonds. The molecule has 0 N–H and O–H groups in total. The number of nitrogens with zero attached hydrogens (tertiary/aromatic N) is 6. The molecule has 0 radical (unpaired) electrons. The summed E-state index contributed by atoms with van der Waals surface area (Å²) in [6.45, 7) is 0. The summed E-state index contributed by atoms with van der Waals surface area (Å²) in [7, 11) is 0. The van der Waals surface area contributed by atoms with E-state index in [1.807, 2.05) is 0 Å². The Hall–Kier alpha value is -7.96. The summed E-state index contributed by atoms with van der Waals surface area (Å²) in [4.78, 5) is 10.5. The van der Waals surface area contributed by atoms with Crippen molar-refractivity contribution in [2.24, 2.45) is 5.92 Å². The minimum absolute atomic E-state index is 0.176. The Morgan fingerprint density at radius 1 is 0.468 bits per heavy atom. The highest BCUT2D eigenvalue weighted by Crippen LogP contribution is 2.50. The van der Waals surface area contributed by atoms with Crippen LogP contribution in [0.5, 0.6) is 0 Å². The molecule has 7 aromatic carbocycles. The Morgan fingerprint density at radius 2 is 1.10 bits per heavy atom. The molecule has 0 saturated heterocycles. The monoisotopic (exact) mass is 792 g/mol. The second kappa shape index (κ2) is 11.9. The second-order valence-electron chi connectivity index (χ2n) is 17.2. The van der Waals surface area contributed by atoms with Crippen molar-refractivity contribution in [2.45, 2.75) is 18.9 Å². The van der Waals surface area contributed by atoms with Gasteiger partial charge in [0.1, 0.15) is 11.5 Å². The fraction of sp³-hybridized carbons (Fsp3) is 0.0714. The molecular formula is C56H36N6. The van der Waals surface area contributed by atoms with E-state index >= 15 is 0 Å². The van der Waals surface area contributed by atoms with Gasteiger partial charge in [-0.3, -0.25) is 4.40 Å². The van der Waals surface area contributed by atoms with Crippen LogP contribution in [0.4, 0.5) is 0 Å². The lowest BCUT2D eigenvalue weighted by molar-refractivity contribution is 0.499. The van der Waals surface area contributed by atoms with Gasteiger partial charge in [-0.2, -0.15) is 0 Å². The summed E-state index contributed by atoms with van der Waals surface area (Å²) in [5.41, 5.74) is 16.7. The summed E-state index contributed by atoms with van der Waals surface area (Å²) in [5, 5.41) is 8.59. The number of hydrogen-bond donors (Lipinski definition) is 0. The zero-order valence-corrected chi connectivity index (χ0v) is 33.6. The van der Waals surface area contributed by atoms with Crippen LogP contribution >= 0.6 is 0 Å². The van der Waals surface area contributed by atoms with Crippen molar-refractivity contribution < 1.29 is 0 Å². The molecule has 290 valence electrons. The molecule has 12 aromatic rings. The van der Waals surface area contributed by atoms with Gasteiger partial charge in [0.15, 0.2) is 0 Å². The molecule has 5 aromatic heterocycles. The van der Waals surface area contributed by atoms with E-state index in [1.165, 1.54) is 76.7 Å². The lowest BCUT2D eigenvalue weighted by Crippen LogP contribution is -2.27. The average molecular weight is 793 g/mol. The van der Waals surface area contributed by atoms with Gasteiger partial charge in [-0.25, -0.2) is 9.97 Å². The smallest absolute Gasteiger partial charge is 0.146 e. The minimum Gasteiger partial charge on any atom is -0.316 e. The van der Waals surface area contributed by atoms with Crippen LogP contribution in [0.25, 0.3) is 110 Å². The van der Waals surface area contributed by atoms with E-state index in [4.69, 9.17) is 9.97 Å². The molecule has 1 aliphatic heterocycles.